The van der Waals surface area contributed by atoms with Crippen molar-refractivity contribution >= 4 is 22.8 Å². The molecular weight excluding hydrogens is 374 g/mol. The lowest BCUT2D eigenvalue weighted by atomic mass is 9.95. The average molecular weight is 393 g/mol. The Bertz CT molecular complexity index is 1180. The molecule has 0 aliphatic heterocycles. The fourth-order valence-corrected chi connectivity index (χ4v) is 4.59. The molecule has 2 unspecified atom stereocenters. The quantitative estimate of drug-likeness (QED) is 0.451. The number of carbonyl (C=O) groups is 1. The average Bonchev–Trinajstić information content (AvgIpc) is 3.00. The number of aliphatic hydroxyl groups is 2. The van der Waals surface area contributed by atoms with Crippen molar-refractivity contribution in [3.05, 3.63) is 30.1 Å². The van der Waals surface area contributed by atoms with Crippen molar-refractivity contribution in [2.45, 2.75) is 31.6 Å². The number of hydrogen-bond donors (Lipinski definition) is 4. The second-order valence-electron chi connectivity index (χ2n) is 7.52. The third-order valence-electron chi connectivity index (χ3n) is 6.12. The van der Waals surface area contributed by atoms with Crippen LogP contribution in [0.4, 0.5) is 5.82 Å². The van der Waals surface area contributed by atoms with E-state index in [1.54, 1.807) is 30.2 Å². The fraction of sp³-hybridized carbons (Fsp3) is 0.421. The number of carbonyl (C=O) groups excluding carboxylic acids is 1. The Balaban J connectivity index is 1.61. The first-order valence-corrected chi connectivity index (χ1v) is 9.28. The molecule has 0 aromatic carbocycles. The van der Waals surface area contributed by atoms with Gasteiger partial charge in [0.1, 0.15) is 17.6 Å². The summed E-state index contributed by atoms with van der Waals surface area (Å²) < 4.78 is 1.73. The number of aliphatic hydroxyl groups excluding tert-OH is 2. The van der Waals surface area contributed by atoms with Gasteiger partial charge in [0.15, 0.2) is 17.0 Å². The van der Waals surface area contributed by atoms with Crippen molar-refractivity contribution in [1.29, 1.82) is 0 Å². The van der Waals surface area contributed by atoms with E-state index in [1.807, 2.05) is 0 Å². The summed E-state index contributed by atoms with van der Waals surface area (Å²) in [5.74, 6) is 6.33. The van der Waals surface area contributed by atoms with Gasteiger partial charge in [-0.1, -0.05) is 0 Å². The van der Waals surface area contributed by atoms with E-state index in [4.69, 9.17) is 0 Å². The van der Waals surface area contributed by atoms with Gasteiger partial charge < -0.3 is 20.1 Å². The summed E-state index contributed by atoms with van der Waals surface area (Å²) in [6.07, 6.45) is 1.54. The Morgan fingerprint density at radius 1 is 1.38 bits per heavy atom. The van der Waals surface area contributed by atoms with Crippen LogP contribution in [0.3, 0.4) is 0 Å². The highest BCUT2D eigenvalue weighted by Crippen LogP contribution is 2.68. The molecule has 0 spiro atoms. The Kier molecular flexibility index (Phi) is 3.74. The van der Waals surface area contributed by atoms with E-state index in [9.17, 15) is 15.0 Å². The SMILES string of the molecule is CNc1nc(C#Cc2ccn[nH]2)nc2c1ncn2[C@@H]1C2C[C@@]2(C(C)=O)C(O)[C@H]1O. The molecule has 2 aliphatic carbocycles. The fourth-order valence-electron chi connectivity index (χ4n) is 4.59. The number of aromatic amines is 1. The van der Waals surface area contributed by atoms with Crippen molar-refractivity contribution in [2.24, 2.45) is 11.3 Å². The third-order valence-corrected chi connectivity index (χ3v) is 6.12. The molecule has 5 rings (SSSR count). The van der Waals surface area contributed by atoms with E-state index in [1.165, 1.54) is 6.92 Å². The summed E-state index contributed by atoms with van der Waals surface area (Å²) in [7, 11) is 1.72. The molecule has 4 N–H and O–H groups in total. The molecule has 3 aromatic rings. The maximum Gasteiger partial charge on any atom is 0.209 e. The van der Waals surface area contributed by atoms with Crippen LogP contribution in [0.15, 0.2) is 18.6 Å². The second-order valence-corrected chi connectivity index (χ2v) is 7.52. The van der Waals surface area contributed by atoms with Crippen LogP contribution in [-0.2, 0) is 4.79 Å². The van der Waals surface area contributed by atoms with Crippen LogP contribution in [0, 0.1) is 23.2 Å². The van der Waals surface area contributed by atoms with Gasteiger partial charge in [0.25, 0.3) is 0 Å². The lowest BCUT2D eigenvalue weighted by Crippen LogP contribution is -2.36. The Hall–Kier alpha value is -3.29. The van der Waals surface area contributed by atoms with Gasteiger partial charge in [-0.05, 0) is 37.2 Å². The molecule has 0 amide bonds. The highest BCUT2D eigenvalue weighted by atomic mass is 16.3. The maximum atomic E-state index is 12.1. The molecule has 0 bridgehead atoms. The predicted molar refractivity (Wildman–Crippen MR) is 102 cm³/mol. The molecule has 10 nitrogen and oxygen atoms in total. The van der Waals surface area contributed by atoms with Crippen molar-refractivity contribution in [2.75, 3.05) is 12.4 Å². The van der Waals surface area contributed by atoms with Crippen LogP contribution in [-0.4, -0.2) is 65.0 Å². The number of aromatic nitrogens is 6. The summed E-state index contributed by atoms with van der Waals surface area (Å²) >= 11 is 0. The zero-order chi connectivity index (χ0) is 20.3. The number of fused-ring (bicyclic) bond motifs is 2. The molecule has 2 fully saturated rings. The molecule has 0 saturated heterocycles. The van der Waals surface area contributed by atoms with Gasteiger partial charge in [-0.2, -0.15) is 5.10 Å². The molecule has 5 atom stereocenters. The molecule has 10 heteroatoms. The van der Waals surface area contributed by atoms with Crippen LogP contribution in [0.1, 0.15) is 30.9 Å². The van der Waals surface area contributed by atoms with Gasteiger partial charge in [-0.3, -0.25) is 9.89 Å². The van der Waals surface area contributed by atoms with E-state index < -0.39 is 23.7 Å². The minimum Gasteiger partial charge on any atom is -0.389 e. The first kappa shape index (κ1) is 17.8. The largest absolute Gasteiger partial charge is 0.389 e. The Labute approximate surface area is 165 Å². The van der Waals surface area contributed by atoms with Gasteiger partial charge in [0, 0.05) is 13.2 Å². The monoisotopic (exact) mass is 393 g/mol. The number of anilines is 1. The minimum absolute atomic E-state index is 0.0994. The van der Waals surface area contributed by atoms with Gasteiger partial charge in [0.05, 0.1) is 23.9 Å². The molecule has 2 saturated carbocycles. The number of ketones is 1. The summed E-state index contributed by atoms with van der Waals surface area (Å²) in [5, 5.41) is 30.8. The number of imidazole rings is 1. The lowest BCUT2D eigenvalue weighted by molar-refractivity contribution is -0.128. The van der Waals surface area contributed by atoms with Crippen molar-refractivity contribution in [1.82, 2.24) is 29.7 Å². The van der Waals surface area contributed by atoms with Crippen LogP contribution >= 0.6 is 0 Å². The zero-order valence-electron chi connectivity index (χ0n) is 15.8. The van der Waals surface area contributed by atoms with E-state index >= 15 is 0 Å². The smallest absolute Gasteiger partial charge is 0.209 e. The highest BCUT2D eigenvalue weighted by molar-refractivity contribution is 5.88. The first-order chi connectivity index (χ1) is 14.0. The number of H-pyrrole nitrogens is 1. The third kappa shape index (κ3) is 2.41. The van der Waals surface area contributed by atoms with Gasteiger partial charge in [-0.15, -0.1) is 0 Å². The van der Waals surface area contributed by atoms with E-state index in [-0.39, 0.29) is 17.5 Å². The molecule has 3 heterocycles. The molecule has 29 heavy (non-hydrogen) atoms. The topological polar surface area (TPSA) is 142 Å². The highest BCUT2D eigenvalue weighted by Gasteiger charge is 2.74. The molecule has 2 aliphatic rings. The molecule has 148 valence electrons. The van der Waals surface area contributed by atoms with Crippen molar-refractivity contribution in [3.8, 4) is 11.8 Å². The lowest BCUT2D eigenvalue weighted by Gasteiger charge is -2.23. The molecule has 3 aromatic heterocycles. The van der Waals surface area contributed by atoms with Gasteiger partial charge in [-0.25, -0.2) is 15.0 Å². The summed E-state index contributed by atoms with van der Waals surface area (Å²) in [5.41, 5.74) is 0.776. The Morgan fingerprint density at radius 2 is 2.21 bits per heavy atom. The molecule has 0 radical (unpaired) electrons. The van der Waals surface area contributed by atoms with Crippen molar-refractivity contribution in [3.63, 3.8) is 0 Å². The van der Waals surface area contributed by atoms with E-state index in [2.05, 4.69) is 42.3 Å². The summed E-state index contributed by atoms with van der Waals surface area (Å²) in [6, 6.07) is 1.24. The van der Waals surface area contributed by atoms with Gasteiger partial charge >= 0.3 is 0 Å². The van der Waals surface area contributed by atoms with Crippen molar-refractivity contribution < 1.29 is 15.0 Å². The standard InChI is InChI=1S/C19H19N7O3/c1-9(27)19-7-11(19)14(15(28)16(19)29)26-8-21-13-17(20-2)23-12(24-18(13)26)4-3-10-5-6-22-25-10/h5-6,8,11,14-16,28-29H,7H2,1-2H3,(H,22,25)(H,20,23,24)/t11?,14-,15+,16?,19+/m1/s1. The number of hydrogen-bond acceptors (Lipinski definition) is 8. The zero-order valence-corrected chi connectivity index (χ0v) is 15.8. The second kappa shape index (κ2) is 6.10. The minimum atomic E-state index is -1.10. The predicted octanol–water partition coefficient (Wildman–Crippen LogP) is -0.137. The van der Waals surface area contributed by atoms with Crippen LogP contribution in [0.2, 0.25) is 0 Å². The number of rotatable bonds is 3. The van der Waals surface area contributed by atoms with Crippen LogP contribution < -0.4 is 5.32 Å². The first-order valence-electron chi connectivity index (χ1n) is 9.28. The molecular formula is C19H19N7O3. The normalized spacial score (nSPS) is 29.9. The maximum absolute atomic E-state index is 12.1. The number of nitrogens with zero attached hydrogens (tertiary/aromatic N) is 5. The van der Waals surface area contributed by atoms with Gasteiger partial charge in [0.2, 0.25) is 5.82 Å². The van der Waals surface area contributed by atoms with E-state index in [0.717, 1.165) is 0 Å². The number of Topliss-reactive ketones (excluding diaryl/α,β-unsaturated/α-hetero) is 1. The summed E-state index contributed by atoms with van der Waals surface area (Å²) in [6.45, 7) is 1.47. The van der Waals surface area contributed by atoms with Crippen LogP contribution in [0.25, 0.3) is 11.2 Å². The summed E-state index contributed by atoms with van der Waals surface area (Å²) in [4.78, 5) is 25.5. The van der Waals surface area contributed by atoms with E-state index in [0.29, 0.717) is 29.1 Å². The Morgan fingerprint density at radius 3 is 2.86 bits per heavy atom. The number of nitrogens with one attached hydrogen (secondary N) is 2. The van der Waals surface area contributed by atoms with Crippen LogP contribution in [0.5, 0.6) is 0 Å².